The fourth-order valence-electron chi connectivity index (χ4n) is 4.21. The van der Waals surface area contributed by atoms with Gasteiger partial charge in [0.1, 0.15) is 17.7 Å². The van der Waals surface area contributed by atoms with E-state index in [0.29, 0.717) is 17.7 Å². The molecule has 4 rings (SSSR count). The number of aromatic nitrogens is 1. The molecule has 0 saturated carbocycles. The van der Waals surface area contributed by atoms with E-state index in [1.165, 1.54) is 17.7 Å². The van der Waals surface area contributed by atoms with E-state index < -0.39 is 29.7 Å². The molecular weight excluding hydrogens is 472 g/mol. The van der Waals surface area contributed by atoms with Crippen molar-refractivity contribution in [2.45, 2.75) is 38.5 Å². The molecule has 3 N–H and O–H groups in total. The van der Waals surface area contributed by atoms with E-state index in [9.17, 15) is 13.6 Å². The molecule has 192 valence electrons. The molecule has 0 aliphatic heterocycles. The predicted octanol–water partition coefficient (Wildman–Crippen LogP) is 5.20. The van der Waals surface area contributed by atoms with Crippen molar-refractivity contribution in [1.29, 1.82) is 0 Å². The van der Waals surface area contributed by atoms with Gasteiger partial charge in [0.15, 0.2) is 0 Å². The number of hydrogen-bond donors (Lipinski definition) is 2. The highest BCUT2D eigenvalue weighted by atomic mass is 19.1. The molecule has 0 aliphatic rings. The SMILES string of the molecule is CCc1cccc(CNCC(OC(=O)c2ccc(-n3cccc3)cc2)C(N)Cc2cc(F)cc(F)c2)c1. The number of carbonyl (C=O) groups is 1. The summed E-state index contributed by atoms with van der Waals surface area (Å²) in [7, 11) is 0. The van der Waals surface area contributed by atoms with Gasteiger partial charge in [0.25, 0.3) is 0 Å². The monoisotopic (exact) mass is 503 g/mol. The molecular formula is C30H31F2N3O2. The summed E-state index contributed by atoms with van der Waals surface area (Å²) in [6.45, 7) is 2.94. The van der Waals surface area contributed by atoms with Crippen molar-refractivity contribution in [1.82, 2.24) is 9.88 Å². The van der Waals surface area contributed by atoms with E-state index in [-0.39, 0.29) is 13.0 Å². The normalized spacial score (nSPS) is 12.8. The summed E-state index contributed by atoms with van der Waals surface area (Å²) in [5.74, 6) is -1.86. The average molecular weight is 504 g/mol. The van der Waals surface area contributed by atoms with Crippen LogP contribution < -0.4 is 11.1 Å². The molecule has 1 aromatic heterocycles. The van der Waals surface area contributed by atoms with Gasteiger partial charge in [0.2, 0.25) is 0 Å². The zero-order chi connectivity index (χ0) is 26.2. The first-order valence-electron chi connectivity index (χ1n) is 12.3. The van der Waals surface area contributed by atoms with Crippen molar-refractivity contribution in [3.05, 3.63) is 125 Å². The lowest BCUT2D eigenvalue weighted by atomic mass is 10.0. The van der Waals surface area contributed by atoms with Crippen molar-refractivity contribution in [3.8, 4) is 5.69 Å². The Kier molecular flexibility index (Phi) is 8.82. The summed E-state index contributed by atoms with van der Waals surface area (Å²) < 4.78 is 35.2. The molecule has 2 unspecified atom stereocenters. The number of nitrogens with one attached hydrogen (secondary N) is 1. The number of hydrogen-bond acceptors (Lipinski definition) is 4. The van der Waals surface area contributed by atoms with Gasteiger partial charge in [-0.3, -0.25) is 0 Å². The molecule has 37 heavy (non-hydrogen) atoms. The summed E-state index contributed by atoms with van der Waals surface area (Å²) >= 11 is 0. The number of carbonyl (C=O) groups excluding carboxylic acids is 1. The summed E-state index contributed by atoms with van der Waals surface area (Å²) in [6.07, 6.45) is 4.19. The van der Waals surface area contributed by atoms with Crippen LogP contribution >= 0.6 is 0 Å². The highest BCUT2D eigenvalue weighted by molar-refractivity contribution is 5.89. The van der Waals surface area contributed by atoms with Gasteiger partial charge in [0, 0.05) is 43.3 Å². The molecule has 0 amide bonds. The first-order valence-corrected chi connectivity index (χ1v) is 12.3. The van der Waals surface area contributed by atoms with Crippen LogP contribution in [0.2, 0.25) is 0 Å². The van der Waals surface area contributed by atoms with Crippen LogP contribution in [-0.4, -0.2) is 29.2 Å². The molecule has 0 spiro atoms. The van der Waals surface area contributed by atoms with Crippen molar-refractivity contribution < 1.29 is 18.3 Å². The fourth-order valence-corrected chi connectivity index (χ4v) is 4.21. The highest BCUT2D eigenvalue weighted by Gasteiger charge is 2.24. The zero-order valence-electron chi connectivity index (χ0n) is 20.7. The van der Waals surface area contributed by atoms with E-state index >= 15 is 0 Å². The number of rotatable bonds is 11. The van der Waals surface area contributed by atoms with Crippen LogP contribution in [0, 0.1) is 11.6 Å². The maximum Gasteiger partial charge on any atom is 0.338 e. The first-order chi connectivity index (χ1) is 17.9. The molecule has 0 fully saturated rings. The van der Waals surface area contributed by atoms with Crippen molar-refractivity contribution in [2.75, 3.05) is 6.54 Å². The van der Waals surface area contributed by atoms with Crippen LogP contribution in [-0.2, 0) is 24.1 Å². The summed E-state index contributed by atoms with van der Waals surface area (Å²) in [5.41, 5.74) is 10.5. The van der Waals surface area contributed by atoms with Crippen LogP contribution in [0.4, 0.5) is 8.78 Å². The topological polar surface area (TPSA) is 69.3 Å². The number of aryl methyl sites for hydroxylation is 1. The van der Waals surface area contributed by atoms with E-state index in [0.717, 1.165) is 23.7 Å². The number of esters is 1. The smallest absolute Gasteiger partial charge is 0.338 e. The Morgan fingerprint density at radius 1 is 0.919 bits per heavy atom. The van der Waals surface area contributed by atoms with Gasteiger partial charge in [-0.1, -0.05) is 31.2 Å². The van der Waals surface area contributed by atoms with Gasteiger partial charge in [-0.15, -0.1) is 0 Å². The minimum absolute atomic E-state index is 0.145. The molecule has 3 aromatic carbocycles. The largest absolute Gasteiger partial charge is 0.456 e. The zero-order valence-corrected chi connectivity index (χ0v) is 20.7. The maximum atomic E-state index is 13.7. The van der Waals surface area contributed by atoms with Crippen molar-refractivity contribution in [3.63, 3.8) is 0 Å². The number of ether oxygens (including phenoxy) is 1. The summed E-state index contributed by atoms with van der Waals surface area (Å²) in [6, 6.07) is 21.8. The third-order valence-electron chi connectivity index (χ3n) is 6.21. The Morgan fingerprint density at radius 2 is 1.59 bits per heavy atom. The second-order valence-corrected chi connectivity index (χ2v) is 9.03. The molecule has 2 atom stereocenters. The van der Waals surface area contributed by atoms with Crippen LogP contribution in [0.1, 0.15) is 34.0 Å². The molecule has 0 aliphatic carbocycles. The standard InChI is InChI=1S/C30H31F2N3O2/c1-2-21-6-5-7-22(14-21)19-34-20-29(28(33)17-23-15-25(31)18-26(32)16-23)37-30(36)24-8-10-27(11-9-24)35-12-3-4-13-35/h3-16,18,28-29,34H,2,17,19-20,33H2,1H3. The number of benzene rings is 3. The predicted molar refractivity (Wildman–Crippen MR) is 141 cm³/mol. The third-order valence-corrected chi connectivity index (χ3v) is 6.21. The fraction of sp³-hybridized carbons (Fsp3) is 0.233. The van der Waals surface area contributed by atoms with E-state index in [1.807, 2.05) is 53.4 Å². The van der Waals surface area contributed by atoms with Gasteiger partial charge >= 0.3 is 5.97 Å². The van der Waals surface area contributed by atoms with E-state index in [4.69, 9.17) is 10.5 Å². The maximum absolute atomic E-state index is 13.7. The summed E-state index contributed by atoms with van der Waals surface area (Å²) in [4.78, 5) is 13.0. The minimum atomic E-state index is -0.725. The molecule has 4 aromatic rings. The van der Waals surface area contributed by atoms with Gasteiger partial charge in [-0.25, -0.2) is 13.6 Å². The second kappa shape index (κ2) is 12.4. The Morgan fingerprint density at radius 3 is 2.27 bits per heavy atom. The molecule has 5 nitrogen and oxygen atoms in total. The van der Waals surface area contributed by atoms with Gasteiger partial charge in [0.05, 0.1) is 5.56 Å². The minimum Gasteiger partial charge on any atom is -0.456 e. The Hall–Kier alpha value is -3.81. The van der Waals surface area contributed by atoms with Crippen LogP contribution in [0.3, 0.4) is 0 Å². The molecule has 1 heterocycles. The van der Waals surface area contributed by atoms with Crippen LogP contribution in [0.5, 0.6) is 0 Å². The lowest BCUT2D eigenvalue weighted by Gasteiger charge is -2.25. The van der Waals surface area contributed by atoms with Gasteiger partial charge < -0.3 is 20.4 Å². The number of halogens is 2. The molecule has 0 bridgehead atoms. The van der Waals surface area contributed by atoms with E-state index in [1.54, 1.807) is 12.1 Å². The Bertz CT molecular complexity index is 1290. The summed E-state index contributed by atoms with van der Waals surface area (Å²) in [5, 5.41) is 3.32. The quantitative estimate of drug-likeness (QED) is 0.276. The third kappa shape index (κ3) is 7.35. The number of nitrogens with zero attached hydrogens (tertiary/aromatic N) is 1. The van der Waals surface area contributed by atoms with Gasteiger partial charge in [-0.05, 0) is 78.1 Å². The van der Waals surface area contributed by atoms with Crippen molar-refractivity contribution >= 4 is 5.97 Å². The van der Waals surface area contributed by atoms with Crippen LogP contribution in [0.25, 0.3) is 5.69 Å². The Balaban J connectivity index is 1.46. The lowest BCUT2D eigenvalue weighted by molar-refractivity contribution is 0.0238. The first kappa shape index (κ1) is 26.3. The van der Waals surface area contributed by atoms with Crippen LogP contribution in [0.15, 0.2) is 91.3 Å². The van der Waals surface area contributed by atoms with Crippen molar-refractivity contribution in [2.24, 2.45) is 5.73 Å². The van der Waals surface area contributed by atoms with E-state index in [2.05, 4.69) is 24.4 Å². The average Bonchev–Trinajstić information content (AvgIpc) is 3.43. The highest BCUT2D eigenvalue weighted by Crippen LogP contribution is 2.15. The molecule has 0 radical (unpaired) electrons. The Labute approximate surface area is 215 Å². The molecule has 0 saturated heterocycles. The second-order valence-electron chi connectivity index (χ2n) is 9.03. The molecule has 7 heteroatoms. The number of nitrogens with two attached hydrogens (primary N) is 1. The van der Waals surface area contributed by atoms with Gasteiger partial charge in [-0.2, -0.15) is 0 Å². The lowest BCUT2D eigenvalue weighted by Crippen LogP contribution is -2.46.